The van der Waals surface area contributed by atoms with Crippen LogP contribution >= 0.6 is 27.5 Å². The third-order valence-corrected chi connectivity index (χ3v) is 6.71. The maximum absolute atomic E-state index is 13.2. The van der Waals surface area contributed by atoms with E-state index in [1.165, 1.54) is 6.21 Å². The van der Waals surface area contributed by atoms with Gasteiger partial charge in [-0.05, 0) is 66.2 Å². The lowest BCUT2D eigenvalue weighted by molar-refractivity contribution is -0.117. The van der Waals surface area contributed by atoms with Crippen molar-refractivity contribution in [2.75, 3.05) is 19.0 Å². The number of amides is 2. The summed E-state index contributed by atoms with van der Waals surface area (Å²) in [5.41, 5.74) is 5.11. The van der Waals surface area contributed by atoms with Gasteiger partial charge in [-0.3, -0.25) is 9.59 Å². The molecule has 0 saturated carbocycles. The predicted octanol–water partition coefficient (Wildman–Crippen LogP) is 6.31. The number of hydrazone groups is 1. The number of benzene rings is 4. The maximum Gasteiger partial charge on any atom is 0.345 e. The third kappa shape index (κ3) is 8.15. The fraction of sp³-hybridized carbons (Fsp3) is 0.0625. The molecule has 0 aromatic heterocycles. The molecule has 0 fully saturated rings. The minimum atomic E-state index is -0.656. The molecule has 4 aromatic rings. The van der Waals surface area contributed by atoms with Crippen LogP contribution in [-0.2, 0) is 4.79 Å². The molecule has 4 aromatic carbocycles. The van der Waals surface area contributed by atoms with Crippen LogP contribution in [0.1, 0.15) is 31.8 Å². The van der Waals surface area contributed by atoms with Gasteiger partial charge in [0.15, 0.2) is 0 Å². The molecule has 0 aliphatic carbocycles. The van der Waals surface area contributed by atoms with Crippen LogP contribution in [-0.4, -0.2) is 38.1 Å². The summed E-state index contributed by atoms with van der Waals surface area (Å²) < 4.78 is 6.26. The number of halogens is 2. The first-order valence-corrected chi connectivity index (χ1v) is 13.8. The Hall–Kier alpha value is -4.73. The zero-order valence-corrected chi connectivity index (χ0v) is 25.0. The van der Waals surface area contributed by atoms with E-state index in [1.54, 1.807) is 78.9 Å². The minimum absolute atomic E-state index is 0.0155. The first-order valence-electron chi connectivity index (χ1n) is 12.7. The van der Waals surface area contributed by atoms with Crippen molar-refractivity contribution in [3.8, 4) is 5.75 Å². The summed E-state index contributed by atoms with van der Waals surface area (Å²) >= 11 is 9.53. The Balaban J connectivity index is 1.55. The summed E-state index contributed by atoms with van der Waals surface area (Å²) in [5.74, 6) is -1.55. The van der Waals surface area contributed by atoms with Gasteiger partial charge in [0.25, 0.3) is 11.8 Å². The van der Waals surface area contributed by atoms with E-state index in [4.69, 9.17) is 16.3 Å². The van der Waals surface area contributed by atoms with Gasteiger partial charge in [-0.1, -0.05) is 70.0 Å². The maximum atomic E-state index is 13.2. The molecule has 8 nitrogen and oxygen atoms in total. The van der Waals surface area contributed by atoms with Crippen molar-refractivity contribution in [3.63, 3.8) is 0 Å². The fourth-order valence-electron chi connectivity index (χ4n) is 3.69. The molecule has 0 bridgehead atoms. The molecule has 4 rings (SSSR count). The highest BCUT2D eigenvalue weighted by molar-refractivity contribution is 9.10. The number of ether oxygens (including phenoxy) is 1. The molecule has 0 saturated heterocycles. The molecule has 0 aliphatic heterocycles. The van der Waals surface area contributed by atoms with Crippen molar-refractivity contribution in [2.45, 2.75) is 0 Å². The molecule has 0 atom stereocenters. The van der Waals surface area contributed by atoms with E-state index >= 15 is 0 Å². The van der Waals surface area contributed by atoms with Crippen LogP contribution in [0.2, 0.25) is 5.02 Å². The van der Waals surface area contributed by atoms with Gasteiger partial charge in [0.2, 0.25) is 0 Å². The molecule has 0 spiro atoms. The SMILES string of the molecule is CN(C)c1ccc(/C=C(/NC(=O)c2ccccc2)C(=O)N/N=C\c2cc(Br)ccc2OC(=O)c2ccccc2Cl)cc1. The van der Waals surface area contributed by atoms with Crippen LogP contribution in [0.3, 0.4) is 0 Å². The van der Waals surface area contributed by atoms with Crippen LogP contribution in [0.4, 0.5) is 5.69 Å². The van der Waals surface area contributed by atoms with Gasteiger partial charge in [-0.25, -0.2) is 10.2 Å². The standard InChI is InChI=1S/C32H26BrClN4O4/c1-38(2)25-15-12-21(13-16-25)18-28(36-30(39)22-8-4-3-5-9-22)31(40)37-35-20-23-19-24(33)14-17-29(23)42-32(41)26-10-6-7-11-27(26)34/h3-20H,1-2H3,(H,36,39)(H,37,40)/b28-18+,35-20-. The second-order valence-corrected chi connectivity index (χ2v) is 10.4. The Labute approximate surface area is 256 Å². The van der Waals surface area contributed by atoms with E-state index < -0.39 is 17.8 Å². The zero-order valence-electron chi connectivity index (χ0n) is 22.7. The summed E-state index contributed by atoms with van der Waals surface area (Å²) in [5, 5.41) is 6.99. The number of carbonyl (C=O) groups is 3. The van der Waals surface area contributed by atoms with Crippen molar-refractivity contribution in [3.05, 3.63) is 135 Å². The average Bonchev–Trinajstić information content (AvgIpc) is 2.99. The Morgan fingerprint density at radius 1 is 0.905 bits per heavy atom. The van der Waals surface area contributed by atoms with Crippen LogP contribution in [0.25, 0.3) is 6.08 Å². The molecule has 0 heterocycles. The van der Waals surface area contributed by atoms with Crippen LogP contribution in [0.15, 0.2) is 112 Å². The number of rotatable bonds is 9. The van der Waals surface area contributed by atoms with Crippen molar-refractivity contribution in [1.29, 1.82) is 0 Å². The number of carbonyl (C=O) groups excluding carboxylic acids is 3. The molecule has 10 heteroatoms. The molecule has 2 N–H and O–H groups in total. The van der Waals surface area contributed by atoms with Crippen LogP contribution in [0.5, 0.6) is 5.75 Å². The first-order chi connectivity index (χ1) is 20.2. The Kier molecular flexibility index (Phi) is 10.3. The highest BCUT2D eigenvalue weighted by atomic mass is 79.9. The lowest BCUT2D eigenvalue weighted by Gasteiger charge is -2.13. The summed E-state index contributed by atoms with van der Waals surface area (Å²) in [7, 11) is 3.85. The average molecular weight is 646 g/mol. The molecular formula is C32H26BrClN4O4. The molecule has 212 valence electrons. The number of anilines is 1. The van der Waals surface area contributed by atoms with Crippen LogP contribution in [0, 0.1) is 0 Å². The van der Waals surface area contributed by atoms with E-state index in [-0.39, 0.29) is 22.0 Å². The molecule has 0 radical (unpaired) electrons. The molecule has 2 amide bonds. The van der Waals surface area contributed by atoms with E-state index in [1.807, 2.05) is 43.3 Å². The van der Waals surface area contributed by atoms with Gasteiger partial charge in [0.1, 0.15) is 11.4 Å². The fourth-order valence-corrected chi connectivity index (χ4v) is 4.28. The highest BCUT2D eigenvalue weighted by Crippen LogP contribution is 2.24. The van der Waals surface area contributed by atoms with Crippen molar-refractivity contribution >= 4 is 63.3 Å². The summed E-state index contributed by atoms with van der Waals surface area (Å²) in [6.07, 6.45) is 2.89. The van der Waals surface area contributed by atoms with Crippen molar-refractivity contribution < 1.29 is 19.1 Å². The summed E-state index contributed by atoms with van der Waals surface area (Å²) in [6.45, 7) is 0. The van der Waals surface area contributed by atoms with Gasteiger partial charge >= 0.3 is 5.97 Å². The predicted molar refractivity (Wildman–Crippen MR) is 169 cm³/mol. The van der Waals surface area contributed by atoms with Gasteiger partial charge in [-0.15, -0.1) is 0 Å². The van der Waals surface area contributed by atoms with Gasteiger partial charge in [0.05, 0.1) is 16.8 Å². The summed E-state index contributed by atoms with van der Waals surface area (Å²) in [4.78, 5) is 40.7. The second kappa shape index (κ2) is 14.2. The van der Waals surface area contributed by atoms with Gasteiger partial charge in [0, 0.05) is 35.4 Å². The lowest BCUT2D eigenvalue weighted by atomic mass is 10.1. The Morgan fingerprint density at radius 2 is 1.60 bits per heavy atom. The number of esters is 1. The highest BCUT2D eigenvalue weighted by Gasteiger charge is 2.16. The van der Waals surface area contributed by atoms with Crippen molar-refractivity contribution in [2.24, 2.45) is 5.10 Å². The lowest BCUT2D eigenvalue weighted by Crippen LogP contribution is -2.32. The Morgan fingerprint density at radius 3 is 2.29 bits per heavy atom. The first kappa shape index (κ1) is 30.2. The Bertz CT molecular complexity index is 1660. The van der Waals surface area contributed by atoms with E-state index in [0.717, 1.165) is 5.69 Å². The van der Waals surface area contributed by atoms with Gasteiger partial charge < -0.3 is 15.0 Å². The number of nitrogens with one attached hydrogen (secondary N) is 2. The number of hydrogen-bond acceptors (Lipinski definition) is 6. The normalized spacial score (nSPS) is 11.2. The van der Waals surface area contributed by atoms with E-state index in [0.29, 0.717) is 21.2 Å². The van der Waals surface area contributed by atoms with Gasteiger partial charge in [-0.2, -0.15) is 5.10 Å². The smallest absolute Gasteiger partial charge is 0.345 e. The third-order valence-electron chi connectivity index (χ3n) is 5.89. The van der Waals surface area contributed by atoms with Crippen molar-refractivity contribution in [1.82, 2.24) is 10.7 Å². The number of nitrogens with zero attached hydrogens (tertiary/aromatic N) is 2. The molecule has 0 unspecified atom stereocenters. The van der Waals surface area contributed by atoms with Crippen LogP contribution < -0.4 is 20.4 Å². The quantitative estimate of drug-likeness (QED) is 0.0731. The topological polar surface area (TPSA) is 100 Å². The molecule has 42 heavy (non-hydrogen) atoms. The second-order valence-electron chi connectivity index (χ2n) is 9.11. The molecular weight excluding hydrogens is 620 g/mol. The van der Waals surface area contributed by atoms with E-state index in [9.17, 15) is 14.4 Å². The minimum Gasteiger partial charge on any atom is -0.422 e. The summed E-state index contributed by atoms with van der Waals surface area (Å²) in [6, 6.07) is 27.5. The molecule has 0 aliphatic rings. The monoisotopic (exact) mass is 644 g/mol. The number of hydrogen-bond donors (Lipinski definition) is 2. The van der Waals surface area contributed by atoms with E-state index in [2.05, 4.69) is 31.8 Å². The largest absolute Gasteiger partial charge is 0.422 e. The zero-order chi connectivity index (χ0) is 30.1.